The van der Waals surface area contributed by atoms with E-state index in [1.807, 2.05) is 25.7 Å². The van der Waals surface area contributed by atoms with Gasteiger partial charge in [0.15, 0.2) is 5.13 Å². The van der Waals surface area contributed by atoms with Crippen molar-refractivity contribution < 1.29 is 14.0 Å². The number of hydrogen-bond donors (Lipinski definition) is 1. The lowest BCUT2D eigenvalue weighted by Crippen LogP contribution is -2.54. The fraction of sp³-hybridized carbons (Fsp3) is 0.450. The first kappa shape index (κ1) is 20.4. The Bertz CT molecular complexity index is 871. The number of piperazine rings is 1. The number of thiazole rings is 1. The molecular formula is C20H25FN4O2S. The zero-order chi connectivity index (χ0) is 20.4. The molecule has 1 fully saturated rings. The summed E-state index contributed by atoms with van der Waals surface area (Å²) in [5, 5.41) is 3.49. The van der Waals surface area contributed by atoms with Crippen LogP contribution in [-0.4, -0.2) is 58.8 Å². The second-order valence-corrected chi connectivity index (χ2v) is 8.32. The van der Waals surface area contributed by atoms with Crippen molar-refractivity contribution >= 4 is 28.3 Å². The number of nitrogens with zero attached hydrogens (tertiary/aromatic N) is 3. The summed E-state index contributed by atoms with van der Waals surface area (Å²) in [4.78, 5) is 34.3. The van der Waals surface area contributed by atoms with Crippen LogP contribution in [0.3, 0.4) is 0 Å². The first-order valence-electron chi connectivity index (χ1n) is 9.30. The number of hydrogen-bond acceptors (Lipinski definition) is 5. The highest BCUT2D eigenvalue weighted by Crippen LogP contribution is 2.22. The van der Waals surface area contributed by atoms with Crippen LogP contribution >= 0.6 is 11.3 Å². The Morgan fingerprint density at radius 3 is 2.43 bits per heavy atom. The van der Waals surface area contributed by atoms with Crippen molar-refractivity contribution in [2.75, 3.05) is 31.5 Å². The van der Waals surface area contributed by atoms with Gasteiger partial charge in [-0.2, -0.15) is 0 Å². The highest BCUT2D eigenvalue weighted by Gasteiger charge is 2.28. The number of benzene rings is 1. The molecule has 1 aromatic heterocycles. The van der Waals surface area contributed by atoms with Crippen LogP contribution in [-0.2, 0) is 4.79 Å². The smallest absolute Gasteiger partial charge is 0.254 e. The van der Waals surface area contributed by atoms with Crippen LogP contribution in [0.25, 0.3) is 0 Å². The number of aromatic nitrogens is 1. The number of carbonyl (C=O) groups excluding carboxylic acids is 2. The van der Waals surface area contributed by atoms with Gasteiger partial charge in [-0.25, -0.2) is 9.37 Å². The van der Waals surface area contributed by atoms with Crippen molar-refractivity contribution in [1.82, 2.24) is 14.8 Å². The summed E-state index contributed by atoms with van der Waals surface area (Å²) in [6.45, 7) is 9.60. The molecule has 1 aliphatic heterocycles. The highest BCUT2D eigenvalue weighted by atomic mass is 32.1. The monoisotopic (exact) mass is 404 g/mol. The lowest BCUT2D eigenvalue weighted by Gasteiger charge is -2.37. The van der Waals surface area contributed by atoms with Gasteiger partial charge in [-0.15, -0.1) is 11.3 Å². The van der Waals surface area contributed by atoms with Crippen LogP contribution in [0.15, 0.2) is 18.2 Å². The van der Waals surface area contributed by atoms with Crippen molar-refractivity contribution in [2.24, 2.45) is 0 Å². The van der Waals surface area contributed by atoms with Crippen molar-refractivity contribution in [1.29, 1.82) is 0 Å². The average Bonchev–Trinajstić information content (AvgIpc) is 3.00. The third-order valence-electron chi connectivity index (χ3n) is 5.21. The number of halogens is 1. The topological polar surface area (TPSA) is 65.5 Å². The molecule has 2 amide bonds. The molecule has 150 valence electrons. The lowest BCUT2D eigenvalue weighted by atomic mass is 10.1. The Morgan fingerprint density at radius 1 is 1.18 bits per heavy atom. The number of carbonyl (C=O) groups is 2. The molecule has 6 nitrogen and oxygen atoms in total. The zero-order valence-corrected chi connectivity index (χ0v) is 17.4. The van der Waals surface area contributed by atoms with Gasteiger partial charge in [-0.1, -0.05) is 6.07 Å². The summed E-state index contributed by atoms with van der Waals surface area (Å²) in [6.07, 6.45) is 0. The number of anilines is 1. The molecule has 1 saturated heterocycles. The molecule has 8 heteroatoms. The van der Waals surface area contributed by atoms with Crippen molar-refractivity contribution in [3.63, 3.8) is 0 Å². The molecule has 28 heavy (non-hydrogen) atoms. The molecule has 0 radical (unpaired) electrons. The minimum absolute atomic E-state index is 0.103. The highest BCUT2D eigenvalue weighted by molar-refractivity contribution is 7.15. The summed E-state index contributed by atoms with van der Waals surface area (Å²) < 4.78 is 13.7. The van der Waals surface area contributed by atoms with E-state index in [0.29, 0.717) is 42.4 Å². The van der Waals surface area contributed by atoms with Gasteiger partial charge in [0.1, 0.15) is 5.82 Å². The molecule has 2 heterocycles. The van der Waals surface area contributed by atoms with Gasteiger partial charge in [-0.3, -0.25) is 14.5 Å². The predicted molar refractivity (Wildman–Crippen MR) is 108 cm³/mol. The summed E-state index contributed by atoms with van der Waals surface area (Å²) in [5.41, 5.74) is 1.80. The number of aryl methyl sites for hydroxylation is 3. The summed E-state index contributed by atoms with van der Waals surface area (Å²) >= 11 is 1.47. The van der Waals surface area contributed by atoms with E-state index in [9.17, 15) is 14.0 Å². The molecular weight excluding hydrogens is 379 g/mol. The maximum absolute atomic E-state index is 13.7. The van der Waals surface area contributed by atoms with Gasteiger partial charge in [0, 0.05) is 36.6 Å². The molecule has 2 aromatic rings. The average molecular weight is 405 g/mol. The van der Waals surface area contributed by atoms with Gasteiger partial charge < -0.3 is 10.2 Å². The molecule has 1 aliphatic rings. The van der Waals surface area contributed by atoms with Crippen molar-refractivity contribution in [2.45, 2.75) is 33.7 Å². The van der Waals surface area contributed by atoms with Gasteiger partial charge in [0.25, 0.3) is 5.91 Å². The second kappa shape index (κ2) is 8.36. The molecule has 0 bridgehead atoms. The van der Waals surface area contributed by atoms with Crippen LogP contribution in [0.5, 0.6) is 0 Å². The van der Waals surface area contributed by atoms with E-state index < -0.39 is 0 Å². The fourth-order valence-corrected chi connectivity index (χ4v) is 3.94. The third-order valence-corrected chi connectivity index (χ3v) is 6.19. The summed E-state index contributed by atoms with van der Waals surface area (Å²) in [7, 11) is 0. The number of nitrogens with one attached hydrogen (secondary N) is 1. The van der Waals surface area contributed by atoms with Crippen molar-refractivity contribution in [3.05, 3.63) is 45.7 Å². The second-order valence-electron chi connectivity index (χ2n) is 7.12. The minimum Gasteiger partial charge on any atom is -0.336 e. The summed E-state index contributed by atoms with van der Waals surface area (Å²) in [5.74, 6) is -0.652. The van der Waals surface area contributed by atoms with E-state index >= 15 is 0 Å². The molecule has 0 saturated carbocycles. The standard InChI is InChI=1S/C20H25FN4O2S/c1-12-5-6-16(11-17(12)21)19(27)25-9-7-24(8-10-25)14(3)18(26)23-20-22-13(2)15(4)28-20/h5-6,11,14H,7-10H2,1-4H3,(H,22,23,26). The van der Waals surface area contributed by atoms with Crippen LogP contribution in [0.4, 0.5) is 9.52 Å². The Labute approximate surface area is 168 Å². The third kappa shape index (κ3) is 4.39. The predicted octanol–water partition coefficient (Wildman–Crippen LogP) is 2.99. The number of rotatable bonds is 4. The fourth-order valence-electron chi connectivity index (χ4n) is 3.12. The molecule has 1 unspecified atom stereocenters. The zero-order valence-electron chi connectivity index (χ0n) is 16.6. The molecule has 1 aromatic carbocycles. The van der Waals surface area contributed by atoms with Crippen molar-refractivity contribution in [3.8, 4) is 0 Å². The van der Waals surface area contributed by atoms with E-state index in [2.05, 4.69) is 10.3 Å². The Kier molecular flexibility index (Phi) is 6.10. The summed E-state index contributed by atoms with van der Waals surface area (Å²) in [6, 6.07) is 4.24. The molecule has 1 atom stereocenters. The Morgan fingerprint density at radius 2 is 1.86 bits per heavy atom. The van der Waals surface area contributed by atoms with E-state index in [4.69, 9.17) is 0 Å². The normalized spacial score (nSPS) is 16.1. The van der Waals surface area contributed by atoms with Gasteiger partial charge in [0.05, 0.1) is 11.7 Å². The first-order valence-corrected chi connectivity index (χ1v) is 10.1. The molecule has 1 N–H and O–H groups in total. The largest absolute Gasteiger partial charge is 0.336 e. The molecule has 3 rings (SSSR count). The van der Waals surface area contributed by atoms with E-state index in [1.165, 1.54) is 17.4 Å². The van der Waals surface area contributed by atoms with E-state index in [-0.39, 0.29) is 23.7 Å². The minimum atomic E-state index is -0.373. The van der Waals surface area contributed by atoms with E-state index in [0.717, 1.165) is 10.6 Å². The van der Waals surface area contributed by atoms with Gasteiger partial charge in [-0.05, 0) is 45.4 Å². The van der Waals surface area contributed by atoms with E-state index in [1.54, 1.807) is 24.0 Å². The Balaban J connectivity index is 1.55. The number of amides is 2. The van der Waals surface area contributed by atoms with Gasteiger partial charge in [0.2, 0.25) is 5.91 Å². The Hall–Kier alpha value is -2.32. The first-order chi connectivity index (χ1) is 13.3. The SMILES string of the molecule is Cc1ccc(C(=O)N2CCN(C(C)C(=O)Nc3nc(C)c(C)s3)CC2)cc1F. The molecule has 0 spiro atoms. The van der Waals surface area contributed by atoms with Crippen LogP contribution in [0.1, 0.15) is 33.4 Å². The van der Waals surface area contributed by atoms with Gasteiger partial charge >= 0.3 is 0 Å². The lowest BCUT2D eigenvalue weighted by molar-refractivity contribution is -0.121. The van der Waals surface area contributed by atoms with Crippen LogP contribution in [0.2, 0.25) is 0 Å². The van der Waals surface area contributed by atoms with Crippen LogP contribution in [0, 0.1) is 26.6 Å². The maximum Gasteiger partial charge on any atom is 0.254 e. The maximum atomic E-state index is 13.7. The quantitative estimate of drug-likeness (QED) is 0.851. The van der Waals surface area contributed by atoms with Crippen LogP contribution < -0.4 is 5.32 Å². The molecule has 0 aliphatic carbocycles.